The van der Waals surface area contributed by atoms with E-state index in [0.29, 0.717) is 18.4 Å². The molecule has 1 saturated carbocycles. The third kappa shape index (κ3) is 11.4. The lowest BCUT2D eigenvalue weighted by molar-refractivity contribution is -0.133. The number of benzene rings is 2. The highest BCUT2D eigenvalue weighted by atomic mass is 16.5. The van der Waals surface area contributed by atoms with Crippen LogP contribution in [-0.4, -0.2) is 76.7 Å². The second-order valence-corrected chi connectivity index (χ2v) is 14.1. The average molecular weight is 650 g/mol. The minimum absolute atomic E-state index is 0.0193. The molecule has 1 heterocycles. The first-order valence-corrected chi connectivity index (χ1v) is 16.7. The molecule has 2 aliphatic rings. The van der Waals surface area contributed by atoms with E-state index in [1.54, 1.807) is 12.1 Å². The Bertz CT molecular complexity index is 1330. The lowest BCUT2D eigenvalue weighted by atomic mass is 9.72. The Labute approximate surface area is 278 Å². The predicted molar refractivity (Wildman–Crippen MR) is 179 cm³/mol. The van der Waals surface area contributed by atoms with Crippen LogP contribution in [0, 0.1) is 11.8 Å². The van der Waals surface area contributed by atoms with Crippen molar-refractivity contribution in [1.82, 2.24) is 20.9 Å². The van der Waals surface area contributed by atoms with Gasteiger partial charge in [0, 0.05) is 18.6 Å². The number of aliphatic hydroxyl groups excluding tert-OH is 1. The number of hydrogen-bond acceptors (Lipinski definition) is 7. The molecular weight excluding hydrogens is 598 g/mol. The Kier molecular flexibility index (Phi) is 12.8. The number of fused-ring (bicyclic) bond motifs is 1. The lowest BCUT2D eigenvalue weighted by Gasteiger charge is -2.47. The number of hydrogen-bond donors (Lipinski definition) is 5. The number of amides is 4. The molecule has 11 nitrogen and oxygen atoms in total. The molecule has 4 amide bonds. The van der Waals surface area contributed by atoms with Gasteiger partial charge in [0.05, 0.1) is 24.6 Å². The topological polar surface area (TPSA) is 163 Å². The summed E-state index contributed by atoms with van der Waals surface area (Å²) in [4.78, 5) is 53.8. The number of rotatable bonds is 13. The number of nitrogens with zero attached hydrogens (tertiary/aromatic N) is 1. The summed E-state index contributed by atoms with van der Waals surface area (Å²) in [6, 6.07) is 16.0. The van der Waals surface area contributed by atoms with E-state index >= 15 is 0 Å². The largest absolute Gasteiger partial charge is 0.445 e. The van der Waals surface area contributed by atoms with Crippen LogP contribution in [0.5, 0.6) is 0 Å². The maximum absolute atomic E-state index is 13.6. The molecule has 0 aromatic heterocycles. The first-order valence-electron chi connectivity index (χ1n) is 16.7. The Balaban J connectivity index is 1.50. The van der Waals surface area contributed by atoms with Gasteiger partial charge in [0.15, 0.2) is 0 Å². The fourth-order valence-electron chi connectivity index (χ4n) is 6.75. The van der Waals surface area contributed by atoms with Crippen molar-refractivity contribution in [2.24, 2.45) is 17.6 Å². The molecule has 6 N–H and O–H groups in total. The average Bonchev–Trinajstić information content (AvgIpc) is 3.02. The van der Waals surface area contributed by atoms with Crippen molar-refractivity contribution in [2.75, 3.05) is 13.1 Å². The number of carbonyl (C=O) groups excluding carboxylic acids is 4. The van der Waals surface area contributed by atoms with Gasteiger partial charge in [-0.3, -0.25) is 19.3 Å². The molecule has 2 aromatic carbocycles. The molecule has 0 radical (unpaired) electrons. The highest BCUT2D eigenvalue weighted by Crippen LogP contribution is 2.39. The Morgan fingerprint density at radius 2 is 1.55 bits per heavy atom. The SMILES string of the molecule is CC(C)(C)NC(=O)C1CC2CCCCC2CN1C[C@H](O)[C@H](Cc1ccccc1)NC(=O)[C@H](CC(N)=O)NC(=O)OCc1ccccc1. The number of primary amides is 1. The minimum Gasteiger partial charge on any atom is -0.445 e. The standard InChI is InChI=1S/C36H51N5O6/c1-36(2,3)40-34(45)30-19-26-16-10-11-17-27(26)21-41(30)22-31(42)28(18-24-12-6-4-7-13-24)38-33(44)29(20-32(37)43)39-35(46)47-23-25-14-8-5-9-15-25/h4-9,12-15,26-31,42H,10-11,16-23H2,1-3H3,(H2,37,43)(H,38,44)(H,39,46)(H,40,45)/t26?,27?,28-,29-,30?,31-/m0/s1. The van der Waals surface area contributed by atoms with Crippen molar-refractivity contribution < 1.29 is 29.0 Å². The number of likely N-dealkylation sites (tertiary alicyclic amines) is 1. The summed E-state index contributed by atoms with van der Waals surface area (Å²) in [7, 11) is 0. The van der Waals surface area contributed by atoms with E-state index < -0.39 is 54.1 Å². The molecule has 2 fully saturated rings. The molecule has 256 valence electrons. The summed E-state index contributed by atoms with van der Waals surface area (Å²) in [5, 5.41) is 20.2. The normalized spacial score (nSPS) is 21.7. The zero-order valence-electron chi connectivity index (χ0n) is 27.8. The third-order valence-electron chi connectivity index (χ3n) is 9.04. The van der Waals surface area contributed by atoms with Gasteiger partial charge in [-0.1, -0.05) is 79.9 Å². The maximum atomic E-state index is 13.6. The number of nitrogens with two attached hydrogens (primary N) is 1. The van der Waals surface area contributed by atoms with Crippen LogP contribution in [0.1, 0.15) is 70.4 Å². The van der Waals surface area contributed by atoms with E-state index in [9.17, 15) is 24.3 Å². The Morgan fingerprint density at radius 1 is 0.936 bits per heavy atom. The molecule has 11 heteroatoms. The van der Waals surface area contributed by atoms with Gasteiger partial charge in [0.2, 0.25) is 17.7 Å². The molecule has 1 aliphatic carbocycles. The molecule has 6 atom stereocenters. The number of aliphatic hydroxyl groups is 1. The second-order valence-electron chi connectivity index (χ2n) is 14.1. The van der Waals surface area contributed by atoms with Crippen molar-refractivity contribution in [3.8, 4) is 0 Å². The molecule has 1 aliphatic heterocycles. The number of nitrogens with one attached hydrogen (secondary N) is 3. The van der Waals surface area contributed by atoms with Gasteiger partial charge in [-0.05, 0) is 63.0 Å². The number of piperidine rings is 1. The van der Waals surface area contributed by atoms with Crippen LogP contribution in [0.4, 0.5) is 4.79 Å². The molecule has 4 rings (SSSR count). The number of alkyl carbamates (subject to hydrolysis) is 1. The van der Waals surface area contributed by atoms with E-state index in [0.717, 1.165) is 36.8 Å². The van der Waals surface area contributed by atoms with Crippen LogP contribution in [0.3, 0.4) is 0 Å². The van der Waals surface area contributed by atoms with E-state index in [-0.39, 0.29) is 25.5 Å². The van der Waals surface area contributed by atoms with Crippen molar-refractivity contribution in [3.05, 3.63) is 71.8 Å². The van der Waals surface area contributed by atoms with Crippen molar-refractivity contribution in [1.29, 1.82) is 0 Å². The molecule has 2 aromatic rings. The highest BCUT2D eigenvalue weighted by Gasteiger charge is 2.42. The number of β-amino-alcohol motifs (C(OH)–C–C–N with tert-alkyl or cyclic N) is 1. The smallest absolute Gasteiger partial charge is 0.408 e. The van der Waals surface area contributed by atoms with Gasteiger partial charge < -0.3 is 31.5 Å². The van der Waals surface area contributed by atoms with Crippen molar-refractivity contribution in [2.45, 2.75) is 102 Å². The maximum Gasteiger partial charge on any atom is 0.408 e. The van der Waals surface area contributed by atoms with Crippen LogP contribution in [-0.2, 0) is 32.1 Å². The molecule has 1 saturated heterocycles. The monoisotopic (exact) mass is 649 g/mol. The molecule has 3 unspecified atom stereocenters. The Morgan fingerprint density at radius 3 is 2.17 bits per heavy atom. The third-order valence-corrected chi connectivity index (χ3v) is 9.04. The molecule has 47 heavy (non-hydrogen) atoms. The van der Waals surface area contributed by atoms with Gasteiger partial charge >= 0.3 is 6.09 Å². The highest BCUT2D eigenvalue weighted by molar-refractivity contribution is 5.90. The zero-order valence-corrected chi connectivity index (χ0v) is 27.8. The van der Waals surface area contributed by atoms with E-state index in [4.69, 9.17) is 10.5 Å². The first kappa shape index (κ1) is 35.9. The summed E-state index contributed by atoms with van der Waals surface area (Å²) in [6.07, 6.45) is 3.14. The van der Waals surface area contributed by atoms with Gasteiger partial charge in [-0.25, -0.2) is 4.79 Å². The van der Waals surface area contributed by atoms with Gasteiger partial charge in [0.25, 0.3) is 0 Å². The van der Waals surface area contributed by atoms with Crippen LogP contribution in [0.15, 0.2) is 60.7 Å². The van der Waals surface area contributed by atoms with Gasteiger partial charge in [0.1, 0.15) is 12.6 Å². The summed E-state index contributed by atoms with van der Waals surface area (Å²) in [6.45, 7) is 6.70. The fraction of sp³-hybridized carbons (Fsp3) is 0.556. The molecule has 0 spiro atoms. The lowest BCUT2D eigenvalue weighted by Crippen LogP contribution is -2.61. The summed E-state index contributed by atoms with van der Waals surface area (Å²) >= 11 is 0. The summed E-state index contributed by atoms with van der Waals surface area (Å²) in [5.74, 6) is -0.597. The fourth-order valence-corrected chi connectivity index (χ4v) is 6.75. The van der Waals surface area contributed by atoms with Gasteiger partial charge in [-0.15, -0.1) is 0 Å². The van der Waals surface area contributed by atoms with E-state index in [2.05, 4.69) is 20.9 Å². The molecule has 0 bridgehead atoms. The zero-order chi connectivity index (χ0) is 34.0. The van der Waals surface area contributed by atoms with Crippen molar-refractivity contribution in [3.63, 3.8) is 0 Å². The molecular formula is C36H51N5O6. The number of ether oxygens (including phenoxy) is 1. The second kappa shape index (κ2) is 16.7. The predicted octanol–water partition coefficient (Wildman–Crippen LogP) is 3.04. The van der Waals surface area contributed by atoms with Crippen molar-refractivity contribution >= 4 is 23.8 Å². The number of carbonyl (C=O) groups is 4. The minimum atomic E-state index is -1.32. The summed E-state index contributed by atoms with van der Waals surface area (Å²) < 4.78 is 5.27. The van der Waals surface area contributed by atoms with Crippen LogP contribution in [0.2, 0.25) is 0 Å². The van der Waals surface area contributed by atoms with E-state index in [1.165, 1.54) is 6.42 Å². The van der Waals surface area contributed by atoms with E-state index in [1.807, 2.05) is 69.3 Å². The van der Waals surface area contributed by atoms with Crippen LogP contribution < -0.4 is 21.7 Å². The van der Waals surface area contributed by atoms with Crippen LogP contribution >= 0.6 is 0 Å². The summed E-state index contributed by atoms with van der Waals surface area (Å²) in [5.41, 5.74) is 6.68. The Hall–Kier alpha value is -3.96. The quantitative estimate of drug-likeness (QED) is 0.223. The van der Waals surface area contributed by atoms with Gasteiger partial charge in [-0.2, -0.15) is 0 Å². The van der Waals surface area contributed by atoms with Crippen LogP contribution in [0.25, 0.3) is 0 Å². The first-order chi connectivity index (χ1) is 22.4.